The van der Waals surface area contributed by atoms with Gasteiger partial charge in [0.2, 0.25) is 0 Å². The van der Waals surface area contributed by atoms with Crippen LogP contribution in [0.3, 0.4) is 0 Å². The number of benzene rings is 1. The van der Waals surface area contributed by atoms with E-state index in [0.717, 1.165) is 11.1 Å². The molecule has 0 bridgehead atoms. The Labute approximate surface area is 193 Å². The zero-order valence-electron chi connectivity index (χ0n) is 17.8. The fourth-order valence-corrected chi connectivity index (χ4v) is 4.64. The van der Waals surface area contributed by atoms with Crippen molar-refractivity contribution in [2.45, 2.75) is 51.4 Å². The Hall–Kier alpha value is -2.72. The number of aryl methyl sites for hydroxylation is 1. The number of carbonyl (C=O) groups excluding carboxylic acids is 3. The Morgan fingerprint density at radius 3 is 2.31 bits per heavy atom. The molecule has 11 heteroatoms. The molecule has 1 aliphatic rings. The van der Waals surface area contributed by atoms with Crippen LogP contribution in [0.1, 0.15) is 26.5 Å². The summed E-state index contributed by atoms with van der Waals surface area (Å²) in [6, 6.07) is 5.18. The average Bonchev–Trinajstić information content (AvgIpc) is 3.12. The summed E-state index contributed by atoms with van der Waals surface area (Å²) < 4.78 is 27.3. The summed E-state index contributed by atoms with van der Waals surface area (Å²) in [6.07, 6.45) is -1.32. The van der Waals surface area contributed by atoms with Gasteiger partial charge in [-0.2, -0.15) is 0 Å². The molecule has 0 saturated carbocycles. The van der Waals surface area contributed by atoms with Gasteiger partial charge in [-0.1, -0.05) is 22.8 Å². The van der Waals surface area contributed by atoms with E-state index in [0.29, 0.717) is 16.5 Å². The smallest absolute Gasteiger partial charge is 0.303 e. The molecule has 3 rings (SSSR count). The fraction of sp³-hybridized carbons (Fsp3) is 0.429. The molecule has 32 heavy (non-hydrogen) atoms. The first-order valence-electron chi connectivity index (χ1n) is 9.66. The number of ether oxygens (including phenoxy) is 4. The molecule has 4 atom stereocenters. The van der Waals surface area contributed by atoms with Crippen LogP contribution in [0.5, 0.6) is 5.75 Å². The van der Waals surface area contributed by atoms with E-state index in [2.05, 4.69) is 5.16 Å². The number of halogens is 1. The molecular weight excluding hydrogens is 462 g/mol. The number of hydrogen-bond donors (Lipinski definition) is 0. The van der Waals surface area contributed by atoms with E-state index in [-0.39, 0.29) is 5.75 Å². The van der Waals surface area contributed by atoms with Gasteiger partial charge in [0.25, 0.3) is 0 Å². The summed E-state index contributed by atoms with van der Waals surface area (Å²) in [5.74, 6) is -0.562. The van der Waals surface area contributed by atoms with Gasteiger partial charge >= 0.3 is 17.9 Å². The minimum Gasteiger partial charge on any atom is -0.474 e. The van der Waals surface area contributed by atoms with Crippen LogP contribution in [-0.4, -0.2) is 52.6 Å². The maximum Gasteiger partial charge on any atom is 0.303 e. The summed E-state index contributed by atoms with van der Waals surface area (Å²) in [7, 11) is 0. The number of hydrogen-bond acceptors (Lipinski definition) is 10. The highest BCUT2D eigenvalue weighted by molar-refractivity contribution is 7.99. The van der Waals surface area contributed by atoms with Crippen molar-refractivity contribution in [3.05, 3.63) is 35.2 Å². The predicted molar refractivity (Wildman–Crippen MR) is 115 cm³/mol. The number of aromatic nitrogens is 1. The van der Waals surface area contributed by atoms with Gasteiger partial charge in [-0.15, -0.1) is 11.8 Å². The summed E-state index contributed by atoms with van der Waals surface area (Å²) >= 11 is 7.60. The van der Waals surface area contributed by atoms with Crippen molar-refractivity contribution in [2.75, 3.05) is 5.75 Å². The molecule has 0 aliphatic carbocycles. The van der Waals surface area contributed by atoms with Crippen molar-refractivity contribution in [2.24, 2.45) is 0 Å². The Kier molecular flexibility index (Phi) is 7.68. The lowest BCUT2D eigenvalue weighted by Crippen LogP contribution is -2.55. The molecule has 0 N–H and O–H groups in total. The maximum atomic E-state index is 11.8. The van der Waals surface area contributed by atoms with Crippen LogP contribution >= 0.6 is 23.4 Å². The van der Waals surface area contributed by atoms with E-state index in [9.17, 15) is 14.4 Å². The van der Waals surface area contributed by atoms with Gasteiger partial charge < -0.3 is 23.5 Å². The van der Waals surface area contributed by atoms with E-state index in [4.69, 9.17) is 35.1 Å². The Bertz CT molecular complexity index is 1010. The molecule has 0 unspecified atom stereocenters. The van der Waals surface area contributed by atoms with E-state index in [1.807, 2.05) is 0 Å². The van der Waals surface area contributed by atoms with Gasteiger partial charge in [0.05, 0.1) is 11.2 Å². The van der Waals surface area contributed by atoms with Gasteiger partial charge in [-0.05, 0) is 24.6 Å². The highest BCUT2D eigenvalue weighted by Crippen LogP contribution is 2.38. The van der Waals surface area contributed by atoms with Crippen LogP contribution in [-0.2, 0) is 28.6 Å². The standard InChI is InChI=1S/C21H22ClNO8S/c1-10-15(8-23-31-10)14-5-6-16(22)17(7-14)30-21-20(29-13(4)26)19(28-12(3)25)18(9-32-21)27-11(2)24/h5-8,18-21H,9H2,1-4H3/t18-,19+,20-,21+/m1/s1. The van der Waals surface area contributed by atoms with E-state index >= 15 is 0 Å². The fourth-order valence-electron chi connectivity index (χ4n) is 3.27. The van der Waals surface area contributed by atoms with Gasteiger partial charge in [0.15, 0.2) is 23.7 Å². The van der Waals surface area contributed by atoms with Gasteiger partial charge in [0, 0.05) is 32.1 Å². The first-order chi connectivity index (χ1) is 15.2. The molecule has 0 spiro atoms. The Morgan fingerprint density at radius 1 is 1.06 bits per heavy atom. The second-order valence-corrected chi connectivity index (χ2v) is 8.59. The van der Waals surface area contributed by atoms with Crippen molar-refractivity contribution in [3.8, 4) is 16.9 Å². The van der Waals surface area contributed by atoms with Gasteiger partial charge in [0.1, 0.15) is 11.5 Å². The lowest BCUT2D eigenvalue weighted by Gasteiger charge is -2.40. The highest BCUT2D eigenvalue weighted by Gasteiger charge is 2.47. The van der Waals surface area contributed by atoms with Crippen LogP contribution in [0.4, 0.5) is 0 Å². The van der Waals surface area contributed by atoms with Crippen molar-refractivity contribution >= 4 is 41.3 Å². The van der Waals surface area contributed by atoms with Crippen LogP contribution < -0.4 is 4.74 Å². The average molecular weight is 484 g/mol. The predicted octanol–water partition coefficient (Wildman–Crippen LogP) is 3.55. The highest BCUT2D eigenvalue weighted by atomic mass is 35.5. The molecule has 0 radical (unpaired) electrons. The topological polar surface area (TPSA) is 114 Å². The second kappa shape index (κ2) is 10.3. The van der Waals surface area contributed by atoms with Crippen molar-refractivity contribution < 1.29 is 37.9 Å². The molecule has 1 fully saturated rings. The lowest BCUT2D eigenvalue weighted by molar-refractivity contribution is -0.186. The number of carbonyl (C=O) groups is 3. The SMILES string of the molecule is CC(=O)O[C@@H]1[C@@H](OC(C)=O)[C@@H](Oc2cc(-c3cnoc3C)ccc2Cl)SC[C@H]1OC(C)=O. The minimum absolute atomic E-state index is 0.252. The summed E-state index contributed by atoms with van der Waals surface area (Å²) in [6.45, 7) is 5.47. The normalized spacial score (nSPS) is 22.7. The van der Waals surface area contributed by atoms with Crippen LogP contribution in [0.25, 0.3) is 11.1 Å². The number of thioether (sulfide) groups is 1. The van der Waals surface area contributed by atoms with Gasteiger partial charge in [-0.3, -0.25) is 14.4 Å². The van der Waals surface area contributed by atoms with Crippen LogP contribution in [0.2, 0.25) is 5.02 Å². The van der Waals surface area contributed by atoms with Crippen LogP contribution in [0, 0.1) is 6.92 Å². The number of nitrogens with zero attached hydrogens (tertiary/aromatic N) is 1. The molecule has 0 amide bonds. The molecular formula is C21H22ClNO8S. The molecule has 1 saturated heterocycles. The number of rotatable bonds is 6. The molecule has 1 aliphatic heterocycles. The molecule has 172 valence electrons. The molecule has 1 aromatic heterocycles. The molecule has 1 aromatic carbocycles. The first-order valence-corrected chi connectivity index (χ1v) is 11.1. The van der Waals surface area contributed by atoms with E-state index in [1.54, 1.807) is 31.3 Å². The third kappa shape index (κ3) is 5.74. The zero-order chi connectivity index (χ0) is 23.4. The first kappa shape index (κ1) is 23.9. The maximum absolute atomic E-state index is 11.8. The summed E-state index contributed by atoms with van der Waals surface area (Å²) in [5, 5.41) is 4.11. The van der Waals surface area contributed by atoms with Crippen molar-refractivity contribution in [3.63, 3.8) is 0 Å². The summed E-state index contributed by atoms with van der Waals surface area (Å²) in [5.41, 5.74) is 0.751. The Morgan fingerprint density at radius 2 is 1.72 bits per heavy atom. The molecule has 2 heterocycles. The molecule has 2 aromatic rings. The largest absolute Gasteiger partial charge is 0.474 e. The quantitative estimate of drug-likeness (QED) is 0.446. The third-order valence-corrected chi connectivity index (χ3v) is 6.07. The molecule has 9 nitrogen and oxygen atoms in total. The Balaban J connectivity index is 1.92. The monoisotopic (exact) mass is 483 g/mol. The minimum atomic E-state index is -1.05. The summed E-state index contributed by atoms with van der Waals surface area (Å²) in [4.78, 5) is 35.0. The van der Waals surface area contributed by atoms with E-state index in [1.165, 1.54) is 32.5 Å². The number of esters is 3. The van der Waals surface area contributed by atoms with E-state index < -0.39 is 41.7 Å². The zero-order valence-corrected chi connectivity index (χ0v) is 19.4. The van der Waals surface area contributed by atoms with Gasteiger partial charge in [-0.25, -0.2) is 0 Å². The lowest BCUT2D eigenvalue weighted by atomic mass is 10.1. The van der Waals surface area contributed by atoms with Crippen LogP contribution in [0.15, 0.2) is 28.9 Å². The second-order valence-electron chi connectivity index (χ2n) is 7.06. The third-order valence-electron chi connectivity index (χ3n) is 4.54. The van der Waals surface area contributed by atoms with Crippen molar-refractivity contribution in [1.82, 2.24) is 5.16 Å². The van der Waals surface area contributed by atoms with Crippen molar-refractivity contribution in [1.29, 1.82) is 0 Å².